The Morgan fingerprint density at radius 2 is 1.09 bits per heavy atom. The minimum atomic E-state index is 0. The third-order valence-electron chi connectivity index (χ3n) is 3.57. The molecule has 0 heteroatoms. The summed E-state index contributed by atoms with van der Waals surface area (Å²) in [5.41, 5.74) is 0.497. The Morgan fingerprint density at radius 1 is 0.636 bits per heavy atom. The number of unbranched alkanes of at least 4 members (excludes halogenated alkanes) is 5. The lowest BCUT2D eigenvalue weighted by Gasteiger charge is -2.16. The van der Waals surface area contributed by atoms with Crippen LogP contribution in [0.5, 0.6) is 0 Å². The van der Waals surface area contributed by atoms with Gasteiger partial charge in [-0.3, -0.25) is 0 Å². The maximum absolute atomic E-state index is 2.34. The molecule has 0 aliphatic rings. The van der Waals surface area contributed by atoms with Gasteiger partial charge in [-0.2, -0.15) is 0 Å². The first-order valence-electron chi connectivity index (χ1n) is 9.01. The van der Waals surface area contributed by atoms with E-state index in [0.29, 0.717) is 5.41 Å². The van der Waals surface area contributed by atoms with Gasteiger partial charge >= 0.3 is 0 Å². The van der Waals surface area contributed by atoms with E-state index >= 15 is 0 Å². The Hall–Kier alpha value is -0.780. The molecule has 0 aromatic rings. The maximum atomic E-state index is 2.34. The van der Waals surface area contributed by atoms with Crippen LogP contribution in [0.1, 0.15) is 99.3 Å². The first-order chi connectivity index (χ1) is 10.1. The Morgan fingerprint density at radius 3 is 1.55 bits per heavy atom. The van der Waals surface area contributed by atoms with Crippen LogP contribution in [-0.2, 0) is 0 Å². The quantitative estimate of drug-likeness (QED) is 0.251. The standard InChI is InChI=1S/C21H38.CH4/c1-5-6-7-8-9-10-11-12-13-14-15-16-17-18-19-20-21(2,3)4;/h9-10,12-13,15-16H,5-8,11,14,17-20H2,1-4H3;1H4/b10-9-,13-12-,16-15-;. The molecule has 0 N–H and O–H groups in total. The van der Waals surface area contributed by atoms with Crippen molar-refractivity contribution in [2.45, 2.75) is 99.3 Å². The van der Waals surface area contributed by atoms with E-state index in [4.69, 9.17) is 0 Å². The maximum Gasteiger partial charge on any atom is -0.0169 e. The van der Waals surface area contributed by atoms with Crippen molar-refractivity contribution in [1.29, 1.82) is 0 Å². The largest absolute Gasteiger partial charge is 0.0882 e. The van der Waals surface area contributed by atoms with Crippen LogP contribution in [0.15, 0.2) is 36.5 Å². The second-order valence-electron chi connectivity index (χ2n) is 7.19. The lowest BCUT2D eigenvalue weighted by Crippen LogP contribution is -2.03. The van der Waals surface area contributed by atoms with Gasteiger partial charge in [0.15, 0.2) is 0 Å². The van der Waals surface area contributed by atoms with E-state index in [0.717, 1.165) is 12.8 Å². The highest BCUT2D eigenvalue weighted by Crippen LogP contribution is 2.21. The molecule has 0 saturated carbocycles. The van der Waals surface area contributed by atoms with Gasteiger partial charge in [0.25, 0.3) is 0 Å². The first kappa shape index (κ1) is 23.5. The zero-order valence-electron chi connectivity index (χ0n) is 15.0. The van der Waals surface area contributed by atoms with Crippen LogP contribution < -0.4 is 0 Å². The summed E-state index contributed by atoms with van der Waals surface area (Å²) in [6, 6.07) is 0. The van der Waals surface area contributed by atoms with Crippen LogP contribution in [0.25, 0.3) is 0 Å². The molecule has 0 aromatic heterocycles. The molecule has 0 fully saturated rings. The summed E-state index contributed by atoms with van der Waals surface area (Å²) in [6.45, 7) is 9.23. The van der Waals surface area contributed by atoms with Crippen molar-refractivity contribution in [3.05, 3.63) is 36.5 Å². The minimum absolute atomic E-state index is 0. The molecule has 0 unspecified atom stereocenters. The van der Waals surface area contributed by atoms with Gasteiger partial charge in [-0.15, -0.1) is 0 Å². The van der Waals surface area contributed by atoms with Gasteiger partial charge in [-0.05, 0) is 50.4 Å². The zero-order chi connectivity index (χ0) is 15.8. The van der Waals surface area contributed by atoms with Gasteiger partial charge in [-0.1, -0.05) is 90.8 Å². The van der Waals surface area contributed by atoms with Crippen molar-refractivity contribution in [2.75, 3.05) is 0 Å². The smallest absolute Gasteiger partial charge is 0.0169 e. The molecule has 0 saturated heterocycles. The molecule has 22 heavy (non-hydrogen) atoms. The molecule has 130 valence electrons. The number of hydrogen-bond donors (Lipinski definition) is 0. The van der Waals surface area contributed by atoms with Crippen molar-refractivity contribution in [1.82, 2.24) is 0 Å². The monoisotopic (exact) mass is 306 g/mol. The van der Waals surface area contributed by atoms with Crippen molar-refractivity contribution >= 4 is 0 Å². The third-order valence-corrected chi connectivity index (χ3v) is 3.57. The van der Waals surface area contributed by atoms with E-state index in [-0.39, 0.29) is 7.43 Å². The van der Waals surface area contributed by atoms with Crippen molar-refractivity contribution in [3.8, 4) is 0 Å². The zero-order valence-corrected chi connectivity index (χ0v) is 15.0. The topological polar surface area (TPSA) is 0 Å². The minimum Gasteiger partial charge on any atom is -0.0882 e. The van der Waals surface area contributed by atoms with Crippen molar-refractivity contribution < 1.29 is 0 Å². The predicted octanol–water partition coefficient (Wildman–Crippen LogP) is 8.26. The van der Waals surface area contributed by atoms with Gasteiger partial charge in [0, 0.05) is 0 Å². The summed E-state index contributed by atoms with van der Waals surface area (Å²) in [6.07, 6.45) is 26.5. The van der Waals surface area contributed by atoms with Crippen LogP contribution in [0, 0.1) is 5.41 Å². The molecular formula is C22H42. The Balaban J connectivity index is 0. The van der Waals surface area contributed by atoms with Crippen LogP contribution >= 0.6 is 0 Å². The van der Waals surface area contributed by atoms with Crippen LogP contribution in [0.3, 0.4) is 0 Å². The lowest BCUT2D eigenvalue weighted by atomic mass is 9.89. The SMILES string of the molecule is C.CCCCC/C=C\C/C=C\C/C=C\CCCCC(C)(C)C. The average Bonchev–Trinajstić information content (AvgIpc) is 2.42. The summed E-state index contributed by atoms with van der Waals surface area (Å²) in [5, 5.41) is 0. The highest BCUT2D eigenvalue weighted by atomic mass is 14.1. The van der Waals surface area contributed by atoms with E-state index < -0.39 is 0 Å². The highest BCUT2D eigenvalue weighted by Gasteiger charge is 2.08. The molecule has 0 aliphatic heterocycles. The number of rotatable bonds is 12. The predicted molar refractivity (Wildman–Crippen MR) is 105 cm³/mol. The summed E-state index contributed by atoms with van der Waals surface area (Å²) < 4.78 is 0. The van der Waals surface area contributed by atoms with E-state index in [9.17, 15) is 0 Å². The van der Waals surface area contributed by atoms with Crippen LogP contribution in [-0.4, -0.2) is 0 Å². The molecule has 0 rings (SSSR count). The van der Waals surface area contributed by atoms with Gasteiger partial charge in [0.2, 0.25) is 0 Å². The number of allylic oxidation sites excluding steroid dienone is 6. The van der Waals surface area contributed by atoms with E-state index in [1.165, 1.54) is 51.4 Å². The van der Waals surface area contributed by atoms with Gasteiger partial charge in [-0.25, -0.2) is 0 Å². The van der Waals surface area contributed by atoms with Crippen molar-refractivity contribution in [3.63, 3.8) is 0 Å². The summed E-state index contributed by atoms with van der Waals surface area (Å²) >= 11 is 0. The van der Waals surface area contributed by atoms with Gasteiger partial charge in [0.1, 0.15) is 0 Å². The molecule has 0 amide bonds. The second kappa shape index (κ2) is 16.6. The fraction of sp³-hybridized carbons (Fsp3) is 0.727. The van der Waals surface area contributed by atoms with Gasteiger partial charge < -0.3 is 0 Å². The fourth-order valence-electron chi connectivity index (χ4n) is 2.21. The Bertz CT molecular complexity index is 286. The van der Waals surface area contributed by atoms with Crippen LogP contribution in [0.2, 0.25) is 0 Å². The second-order valence-corrected chi connectivity index (χ2v) is 7.19. The molecular weight excluding hydrogens is 264 g/mol. The van der Waals surface area contributed by atoms with Crippen LogP contribution in [0.4, 0.5) is 0 Å². The summed E-state index contributed by atoms with van der Waals surface area (Å²) in [4.78, 5) is 0. The lowest BCUT2D eigenvalue weighted by molar-refractivity contribution is 0.361. The van der Waals surface area contributed by atoms with E-state index in [1.54, 1.807) is 0 Å². The highest BCUT2D eigenvalue weighted by molar-refractivity contribution is 4.97. The molecule has 0 heterocycles. The van der Waals surface area contributed by atoms with E-state index in [1.807, 2.05) is 0 Å². The summed E-state index contributed by atoms with van der Waals surface area (Å²) in [5.74, 6) is 0. The molecule has 0 aliphatic carbocycles. The molecule has 0 spiro atoms. The number of hydrogen-bond acceptors (Lipinski definition) is 0. The fourth-order valence-corrected chi connectivity index (χ4v) is 2.21. The molecule has 0 bridgehead atoms. The average molecular weight is 307 g/mol. The summed E-state index contributed by atoms with van der Waals surface area (Å²) in [7, 11) is 0. The first-order valence-corrected chi connectivity index (χ1v) is 9.01. The van der Waals surface area contributed by atoms with Crippen molar-refractivity contribution in [2.24, 2.45) is 5.41 Å². The Kier molecular flexibility index (Phi) is 17.7. The van der Waals surface area contributed by atoms with Gasteiger partial charge in [0.05, 0.1) is 0 Å². The molecule has 0 aromatic carbocycles. The molecule has 0 nitrogen and oxygen atoms in total. The third kappa shape index (κ3) is 21.5. The Labute approximate surface area is 141 Å². The van der Waals surface area contributed by atoms with E-state index in [2.05, 4.69) is 64.2 Å². The molecule has 0 atom stereocenters. The molecule has 0 radical (unpaired) electrons. The normalized spacial score (nSPS) is 12.5.